The summed E-state index contributed by atoms with van der Waals surface area (Å²) < 4.78 is 53.0. The number of halogens is 1. The van der Waals surface area contributed by atoms with Gasteiger partial charge in [-0.15, -0.1) is 6.58 Å². The third-order valence-corrected chi connectivity index (χ3v) is 11.5. The van der Waals surface area contributed by atoms with Gasteiger partial charge in [-0.25, -0.2) is 22.4 Å². The lowest BCUT2D eigenvalue weighted by molar-refractivity contribution is -0.141. The number of nitrogens with zero attached hydrogens (tertiary/aromatic N) is 2. The summed E-state index contributed by atoms with van der Waals surface area (Å²) >= 11 is 0. The number of likely N-dealkylation sites (tertiary alicyclic amines) is 1. The number of hydrogen-bond acceptors (Lipinski definition) is 10. The van der Waals surface area contributed by atoms with E-state index in [1.807, 2.05) is 0 Å². The van der Waals surface area contributed by atoms with Gasteiger partial charge in [0.15, 0.2) is 5.78 Å². The Bertz CT molecular complexity index is 1870. The Morgan fingerprint density at radius 3 is 2.41 bits per heavy atom. The van der Waals surface area contributed by atoms with Crippen molar-refractivity contribution in [1.29, 1.82) is 0 Å². The summed E-state index contributed by atoms with van der Waals surface area (Å²) in [5, 5.41) is 4.48. The highest BCUT2D eigenvalue weighted by atomic mass is 32.2. The molecule has 3 fully saturated rings. The first-order valence-electron chi connectivity index (χ1n) is 17.9. The summed E-state index contributed by atoms with van der Waals surface area (Å²) in [6, 6.07) is 1.79. The predicted molar refractivity (Wildman–Crippen MR) is 192 cm³/mol. The fraction of sp³-hybridized carbons (Fsp3) is 0.568. The highest BCUT2D eigenvalue weighted by molar-refractivity contribution is 7.91. The molecule has 4 aliphatic rings. The van der Waals surface area contributed by atoms with E-state index in [1.165, 1.54) is 29.2 Å². The van der Waals surface area contributed by atoms with Gasteiger partial charge in [-0.1, -0.05) is 23.8 Å². The van der Waals surface area contributed by atoms with Crippen LogP contribution in [0, 0.1) is 11.7 Å². The molecule has 0 radical (unpaired) electrons. The van der Waals surface area contributed by atoms with Crippen LogP contribution in [-0.4, -0.2) is 95.0 Å². The van der Waals surface area contributed by atoms with Crippen LogP contribution in [0.4, 0.5) is 14.0 Å². The molecule has 15 nitrogen and oxygen atoms in total. The maximum atomic E-state index is 14.4. The van der Waals surface area contributed by atoms with E-state index in [0.29, 0.717) is 24.0 Å². The van der Waals surface area contributed by atoms with Crippen molar-refractivity contribution in [3.63, 3.8) is 0 Å². The monoisotopic (exact) mass is 773 g/mol. The van der Waals surface area contributed by atoms with Gasteiger partial charge in [0, 0.05) is 30.9 Å². The van der Waals surface area contributed by atoms with Crippen LogP contribution < -0.4 is 15.4 Å². The molecule has 2 heterocycles. The summed E-state index contributed by atoms with van der Waals surface area (Å²) in [6.45, 7) is 11.8. The minimum atomic E-state index is -3.97. The molecule has 2 aliphatic carbocycles. The zero-order valence-corrected chi connectivity index (χ0v) is 31.9. The van der Waals surface area contributed by atoms with E-state index >= 15 is 0 Å². The first-order valence-corrected chi connectivity index (χ1v) is 19.5. The van der Waals surface area contributed by atoms with Crippen LogP contribution >= 0.6 is 0 Å². The van der Waals surface area contributed by atoms with Crippen molar-refractivity contribution >= 4 is 45.7 Å². The average Bonchev–Trinajstić information content (AvgIpc) is 3.96. The fourth-order valence-corrected chi connectivity index (χ4v) is 8.07. The van der Waals surface area contributed by atoms with E-state index in [0.717, 1.165) is 10.5 Å². The van der Waals surface area contributed by atoms with Gasteiger partial charge < -0.3 is 25.0 Å². The second-order valence-corrected chi connectivity index (χ2v) is 17.6. The summed E-state index contributed by atoms with van der Waals surface area (Å²) in [4.78, 5) is 83.2. The Hall–Kier alpha value is -4.80. The number of allylic oxidation sites excluding steroid dienone is 2. The van der Waals surface area contributed by atoms with Crippen molar-refractivity contribution in [2.75, 3.05) is 6.54 Å². The quantitative estimate of drug-likeness (QED) is 0.198. The molecule has 17 heteroatoms. The van der Waals surface area contributed by atoms with Crippen LogP contribution in [0.5, 0.6) is 0 Å². The van der Waals surface area contributed by atoms with Gasteiger partial charge in [0.2, 0.25) is 21.8 Å². The zero-order chi connectivity index (χ0) is 39.7. The number of carbonyl (C=O) groups excluding carboxylic acids is 6. The van der Waals surface area contributed by atoms with Crippen LogP contribution in [0.2, 0.25) is 0 Å². The number of carbonyl (C=O) groups is 6. The molecule has 2 saturated carbocycles. The number of hydrogen-bond donors (Lipinski definition) is 3. The zero-order valence-electron chi connectivity index (χ0n) is 31.1. The van der Waals surface area contributed by atoms with E-state index in [9.17, 15) is 41.6 Å². The van der Waals surface area contributed by atoms with Crippen LogP contribution in [0.25, 0.3) is 0 Å². The largest absolute Gasteiger partial charge is 0.444 e. The molecule has 2 aliphatic heterocycles. The maximum absolute atomic E-state index is 14.4. The highest BCUT2D eigenvalue weighted by Crippen LogP contribution is 2.45. The summed E-state index contributed by atoms with van der Waals surface area (Å²) in [5.41, 5.74) is -0.910. The van der Waals surface area contributed by atoms with E-state index < -0.39 is 86.2 Å². The number of ether oxygens (including phenoxy) is 2. The molecular weight excluding hydrogens is 725 g/mol. The van der Waals surface area contributed by atoms with E-state index in [2.05, 4.69) is 21.9 Å². The lowest BCUT2D eigenvalue weighted by atomic mass is 10.1. The Kier molecular flexibility index (Phi) is 11.6. The van der Waals surface area contributed by atoms with E-state index in [-0.39, 0.29) is 51.1 Å². The molecule has 54 heavy (non-hydrogen) atoms. The van der Waals surface area contributed by atoms with Crippen molar-refractivity contribution in [3.8, 4) is 0 Å². The average molecular weight is 774 g/mol. The Labute approximate surface area is 314 Å². The Morgan fingerprint density at radius 1 is 1.11 bits per heavy atom. The number of sulfonamides is 1. The SMILES string of the molecule is C=C[C@@H]1C[C@]1(NC(=O)[C@@H]1C[C@@H](OC(=O)N2Cc3cccc(F)c3C2)CN1C(=O)C(CCC(=O)C=C(C)C)NC(=O)OC(C)(C)C)C(=O)NS(=O)(=O)C1CC1. The minimum Gasteiger partial charge on any atom is -0.444 e. The normalized spacial score (nSPS) is 23.7. The Morgan fingerprint density at radius 2 is 1.81 bits per heavy atom. The molecule has 1 aromatic carbocycles. The standard InChI is InChI=1S/C37H48FN5O10S/c1-7-23-17-37(23,33(47)41-54(50,51)26-12-13-26)40-31(45)30-16-25(52-35(49)42-18-22-9-8-10-28(38)27(22)20-42)19-43(30)32(46)29(14-11-24(44)15-21(2)3)39-34(48)53-36(4,5)6/h7-10,15,23,25-26,29-30H,1,11-14,16-20H2,2-6H3,(H,39,48)(H,40,45)(H,41,47)/t23-,25-,29?,30+,37-/m1/s1. The summed E-state index contributed by atoms with van der Waals surface area (Å²) in [5.74, 6) is -3.94. The molecule has 294 valence electrons. The molecule has 3 N–H and O–H groups in total. The van der Waals surface area contributed by atoms with Crippen LogP contribution in [0.3, 0.4) is 0 Å². The minimum absolute atomic E-state index is 0.0496. The van der Waals surface area contributed by atoms with Crippen LogP contribution in [-0.2, 0) is 51.8 Å². The number of alkyl carbamates (subject to hydrolysis) is 1. The second kappa shape index (κ2) is 15.5. The lowest BCUT2D eigenvalue weighted by Gasteiger charge is -2.30. The van der Waals surface area contributed by atoms with E-state index in [4.69, 9.17) is 9.47 Å². The number of nitrogens with one attached hydrogen (secondary N) is 3. The van der Waals surface area contributed by atoms with Crippen molar-refractivity contribution < 1.29 is 51.0 Å². The van der Waals surface area contributed by atoms with Gasteiger partial charge in [-0.05, 0) is 78.0 Å². The predicted octanol–water partition coefficient (Wildman–Crippen LogP) is 3.13. The molecule has 1 aromatic rings. The smallest absolute Gasteiger partial charge is 0.410 e. The van der Waals surface area contributed by atoms with Crippen molar-refractivity contribution in [1.82, 2.24) is 25.2 Å². The molecule has 5 rings (SSSR count). The third-order valence-electron chi connectivity index (χ3n) is 9.67. The molecule has 5 atom stereocenters. The summed E-state index contributed by atoms with van der Waals surface area (Å²) in [6.07, 6.45) is 0.324. The van der Waals surface area contributed by atoms with Gasteiger partial charge in [-0.2, -0.15) is 0 Å². The molecule has 0 bridgehead atoms. The van der Waals surface area contributed by atoms with Gasteiger partial charge in [0.05, 0.1) is 18.3 Å². The summed E-state index contributed by atoms with van der Waals surface area (Å²) in [7, 11) is -3.97. The number of benzene rings is 1. The Balaban J connectivity index is 1.39. The lowest BCUT2D eigenvalue weighted by Crippen LogP contribution is -2.58. The van der Waals surface area contributed by atoms with E-state index in [1.54, 1.807) is 40.7 Å². The molecular formula is C37H48FN5O10S. The molecule has 5 amide bonds. The second-order valence-electron chi connectivity index (χ2n) is 15.6. The number of fused-ring (bicyclic) bond motifs is 1. The molecule has 1 unspecified atom stereocenters. The van der Waals surface area contributed by atoms with Gasteiger partial charge in [0.1, 0.15) is 35.1 Å². The van der Waals surface area contributed by atoms with Crippen molar-refractivity contribution in [2.45, 2.75) is 121 Å². The molecule has 0 aromatic heterocycles. The highest BCUT2D eigenvalue weighted by Gasteiger charge is 2.62. The first kappa shape index (κ1) is 40.4. The van der Waals surface area contributed by atoms with Crippen molar-refractivity contribution in [3.05, 3.63) is 59.4 Å². The topological polar surface area (TPSA) is 198 Å². The number of rotatable bonds is 13. The van der Waals surface area contributed by atoms with Gasteiger partial charge in [0.25, 0.3) is 5.91 Å². The maximum Gasteiger partial charge on any atom is 0.410 e. The molecule has 0 spiro atoms. The van der Waals surface area contributed by atoms with Crippen LogP contribution in [0.15, 0.2) is 42.5 Å². The number of amides is 5. The van der Waals surface area contributed by atoms with Crippen LogP contribution in [0.1, 0.15) is 84.3 Å². The fourth-order valence-electron chi connectivity index (χ4n) is 6.71. The van der Waals surface area contributed by atoms with Crippen molar-refractivity contribution in [2.24, 2.45) is 5.92 Å². The number of ketones is 1. The van der Waals surface area contributed by atoms with Gasteiger partial charge >= 0.3 is 12.2 Å². The first-order chi connectivity index (χ1) is 25.2. The third kappa shape index (κ3) is 9.46. The van der Waals surface area contributed by atoms with Gasteiger partial charge in [-0.3, -0.25) is 28.8 Å². The molecule has 1 saturated heterocycles.